The molecule has 2 nitrogen and oxygen atoms in total. The third-order valence-corrected chi connectivity index (χ3v) is 4.31. The molecule has 96 valence electrons. The Morgan fingerprint density at radius 1 is 1.22 bits per heavy atom. The highest BCUT2D eigenvalue weighted by Crippen LogP contribution is 2.34. The second-order valence-electron chi connectivity index (χ2n) is 4.29. The van der Waals surface area contributed by atoms with Gasteiger partial charge in [-0.15, -0.1) is 11.3 Å². The summed E-state index contributed by atoms with van der Waals surface area (Å²) in [4.78, 5) is 2.15. The van der Waals surface area contributed by atoms with E-state index in [0.29, 0.717) is 11.6 Å². The van der Waals surface area contributed by atoms with Gasteiger partial charge in [0, 0.05) is 27.2 Å². The Bertz CT molecular complexity index is 509. The number of hydrogen-bond donors (Lipinski definition) is 2. The summed E-state index contributed by atoms with van der Waals surface area (Å²) < 4.78 is 0. The number of aliphatic hydroxyl groups is 1. The van der Waals surface area contributed by atoms with Gasteiger partial charge in [-0.05, 0) is 36.8 Å². The van der Waals surface area contributed by atoms with E-state index in [1.807, 2.05) is 43.3 Å². The van der Waals surface area contributed by atoms with E-state index < -0.39 is 6.10 Å². The quantitative estimate of drug-likeness (QED) is 0.901. The van der Waals surface area contributed by atoms with Crippen LogP contribution in [0.1, 0.15) is 27.3 Å². The first-order valence-electron chi connectivity index (χ1n) is 5.81. The Kier molecular flexibility index (Phi) is 4.40. The van der Waals surface area contributed by atoms with Gasteiger partial charge in [-0.2, -0.15) is 0 Å². The first-order valence-corrected chi connectivity index (χ1v) is 7.01. The zero-order valence-corrected chi connectivity index (χ0v) is 11.7. The van der Waals surface area contributed by atoms with Gasteiger partial charge in [0.2, 0.25) is 0 Å². The molecule has 2 aromatic rings. The molecular weight excluding hydrogens is 266 g/mol. The van der Waals surface area contributed by atoms with E-state index in [1.54, 1.807) is 11.3 Å². The molecular formula is C14H16ClNOS. The normalized spacial score (nSPS) is 14.4. The summed E-state index contributed by atoms with van der Waals surface area (Å²) in [6.45, 7) is 2.43. The van der Waals surface area contributed by atoms with Gasteiger partial charge in [-0.3, -0.25) is 0 Å². The standard InChI is InChI=1S/C14H16ClNOS/c1-9-2-7-13(18-9)14(17)12(8-16)10-3-5-11(15)6-4-10/h2-7,12,14,17H,8,16H2,1H3. The SMILES string of the molecule is Cc1ccc(C(O)C(CN)c2ccc(Cl)cc2)s1. The molecule has 1 heterocycles. The van der Waals surface area contributed by atoms with Crippen LogP contribution in [0.3, 0.4) is 0 Å². The Hall–Kier alpha value is -0.870. The highest BCUT2D eigenvalue weighted by atomic mass is 35.5. The van der Waals surface area contributed by atoms with Crippen LogP contribution in [0.25, 0.3) is 0 Å². The molecule has 0 saturated heterocycles. The van der Waals surface area contributed by atoms with Crippen molar-refractivity contribution in [3.63, 3.8) is 0 Å². The van der Waals surface area contributed by atoms with Crippen molar-refractivity contribution in [3.05, 3.63) is 56.7 Å². The van der Waals surface area contributed by atoms with Crippen LogP contribution >= 0.6 is 22.9 Å². The summed E-state index contributed by atoms with van der Waals surface area (Å²) in [6.07, 6.45) is -0.560. The molecule has 2 rings (SSSR count). The van der Waals surface area contributed by atoms with Gasteiger partial charge in [0.25, 0.3) is 0 Å². The number of rotatable bonds is 4. The molecule has 18 heavy (non-hydrogen) atoms. The van der Waals surface area contributed by atoms with Gasteiger partial charge in [-0.1, -0.05) is 23.7 Å². The molecule has 3 N–H and O–H groups in total. The Morgan fingerprint density at radius 2 is 1.89 bits per heavy atom. The van der Waals surface area contributed by atoms with E-state index in [0.717, 1.165) is 10.4 Å². The fraction of sp³-hybridized carbons (Fsp3) is 0.286. The minimum absolute atomic E-state index is 0.0969. The number of aryl methyl sites for hydroxylation is 1. The summed E-state index contributed by atoms with van der Waals surface area (Å²) in [5.41, 5.74) is 6.81. The van der Waals surface area contributed by atoms with Crippen molar-refractivity contribution in [2.24, 2.45) is 5.73 Å². The topological polar surface area (TPSA) is 46.2 Å². The first kappa shape index (κ1) is 13.6. The largest absolute Gasteiger partial charge is 0.387 e. The summed E-state index contributed by atoms with van der Waals surface area (Å²) in [6, 6.07) is 11.5. The van der Waals surface area contributed by atoms with Gasteiger partial charge in [0.15, 0.2) is 0 Å². The summed E-state index contributed by atoms with van der Waals surface area (Å²) in [5.74, 6) is -0.0969. The van der Waals surface area contributed by atoms with E-state index in [9.17, 15) is 5.11 Å². The number of aliphatic hydroxyl groups excluding tert-OH is 1. The smallest absolute Gasteiger partial charge is 0.0962 e. The molecule has 0 aliphatic heterocycles. The van der Waals surface area contributed by atoms with Gasteiger partial charge >= 0.3 is 0 Å². The molecule has 1 aromatic heterocycles. The van der Waals surface area contributed by atoms with E-state index in [-0.39, 0.29) is 5.92 Å². The third-order valence-electron chi connectivity index (χ3n) is 2.99. The molecule has 0 spiro atoms. The number of halogens is 1. The number of hydrogen-bond acceptors (Lipinski definition) is 3. The molecule has 2 atom stereocenters. The van der Waals surface area contributed by atoms with Crippen LogP contribution in [0.4, 0.5) is 0 Å². The van der Waals surface area contributed by atoms with Crippen LogP contribution < -0.4 is 5.73 Å². The summed E-state index contributed by atoms with van der Waals surface area (Å²) in [7, 11) is 0. The van der Waals surface area contributed by atoms with Gasteiger partial charge < -0.3 is 10.8 Å². The van der Waals surface area contributed by atoms with Crippen LogP contribution in [0.5, 0.6) is 0 Å². The number of benzene rings is 1. The second-order valence-corrected chi connectivity index (χ2v) is 6.04. The molecule has 0 radical (unpaired) electrons. The summed E-state index contributed by atoms with van der Waals surface area (Å²) >= 11 is 7.47. The minimum Gasteiger partial charge on any atom is -0.387 e. The van der Waals surface area contributed by atoms with Gasteiger partial charge in [0.1, 0.15) is 0 Å². The number of thiophene rings is 1. The van der Waals surface area contributed by atoms with Crippen molar-refractivity contribution in [1.82, 2.24) is 0 Å². The average Bonchev–Trinajstić information content (AvgIpc) is 2.79. The molecule has 1 aromatic carbocycles. The monoisotopic (exact) mass is 281 g/mol. The van der Waals surface area contributed by atoms with Crippen molar-refractivity contribution >= 4 is 22.9 Å². The van der Waals surface area contributed by atoms with Crippen molar-refractivity contribution in [1.29, 1.82) is 0 Å². The van der Waals surface area contributed by atoms with Crippen LogP contribution in [0.15, 0.2) is 36.4 Å². The third kappa shape index (κ3) is 2.93. The summed E-state index contributed by atoms with van der Waals surface area (Å²) in [5, 5.41) is 11.1. The number of nitrogens with two attached hydrogens (primary N) is 1. The van der Waals surface area contributed by atoms with Crippen LogP contribution in [0, 0.1) is 6.92 Å². The molecule has 0 bridgehead atoms. The minimum atomic E-state index is -0.560. The zero-order valence-electron chi connectivity index (χ0n) is 10.1. The second kappa shape index (κ2) is 5.85. The maximum absolute atomic E-state index is 10.4. The molecule has 0 aliphatic rings. The molecule has 0 aliphatic carbocycles. The highest BCUT2D eigenvalue weighted by molar-refractivity contribution is 7.12. The first-order chi connectivity index (χ1) is 8.61. The fourth-order valence-electron chi connectivity index (χ4n) is 1.97. The lowest BCUT2D eigenvalue weighted by molar-refractivity contribution is 0.151. The Balaban J connectivity index is 2.25. The van der Waals surface area contributed by atoms with Crippen molar-refractivity contribution in [3.8, 4) is 0 Å². The van der Waals surface area contributed by atoms with Gasteiger partial charge in [0.05, 0.1) is 6.10 Å². The molecule has 4 heteroatoms. The zero-order chi connectivity index (χ0) is 13.1. The van der Waals surface area contributed by atoms with E-state index in [2.05, 4.69) is 0 Å². The van der Waals surface area contributed by atoms with Crippen molar-refractivity contribution in [2.75, 3.05) is 6.54 Å². The van der Waals surface area contributed by atoms with Crippen LogP contribution in [-0.2, 0) is 0 Å². The maximum atomic E-state index is 10.4. The lowest BCUT2D eigenvalue weighted by Gasteiger charge is -2.21. The van der Waals surface area contributed by atoms with Crippen molar-refractivity contribution < 1.29 is 5.11 Å². The lowest BCUT2D eigenvalue weighted by atomic mass is 9.92. The van der Waals surface area contributed by atoms with Crippen LogP contribution in [-0.4, -0.2) is 11.7 Å². The molecule has 0 amide bonds. The van der Waals surface area contributed by atoms with E-state index in [4.69, 9.17) is 17.3 Å². The molecule has 2 unspecified atom stereocenters. The highest BCUT2D eigenvalue weighted by Gasteiger charge is 2.22. The van der Waals surface area contributed by atoms with Crippen molar-refractivity contribution in [2.45, 2.75) is 18.9 Å². The molecule has 0 fully saturated rings. The predicted molar refractivity (Wildman–Crippen MR) is 77.3 cm³/mol. The predicted octanol–water partition coefficient (Wildman–Crippen LogP) is 3.49. The van der Waals surface area contributed by atoms with Crippen LogP contribution in [0.2, 0.25) is 5.02 Å². The fourth-order valence-corrected chi connectivity index (χ4v) is 3.02. The van der Waals surface area contributed by atoms with E-state index >= 15 is 0 Å². The lowest BCUT2D eigenvalue weighted by Crippen LogP contribution is -2.19. The maximum Gasteiger partial charge on any atom is 0.0962 e. The Labute approximate surface area is 116 Å². The Morgan fingerprint density at radius 3 is 2.39 bits per heavy atom. The average molecular weight is 282 g/mol. The van der Waals surface area contributed by atoms with E-state index in [1.165, 1.54) is 4.88 Å². The van der Waals surface area contributed by atoms with Gasteiger partial charge in [-0.25, -0.2) is 0 Å². The molecule has 0 saturated carbocycles.